The van der Waals surface area contributed by atoms with Gasteiger partial charge in [0.15, 0.2) is 0 Å². The lowest BCUT2D eigenvalue weighted by Gasteiger charge is -2.02. The summed E-state index contributed by atoms with van der Waals surface area (Å²) in [5.74, 6) is 0.349. The van der Waals surface area contributed by atoms with Crippen molar-refractivity contribution < 1.29 is 9.53 Å². The molecule has 0 aromatic rings. The third-order valence-corrected chi connectivity index (χ3v) is 1.88. The van der Waals surface area contributed by atoms with Gasteiger partial charge in [-0.3, -0.25) is 4.79 Å². The van der Waals surface area contributed by atoms with E-state index in [4.69, 9.17) is 4.74 Å². The fraction of sp³-hybridized carbons (Fsp3) is 0.583. The van der Waals surface area contributed by atoms with Gasteiger partial charge in [-0.15, -0.1) is 6.58 Å². The van der Waals surface area contributed by atoms with Gasteiger partial charge in [-0.25, -0.2) is 0 Å². The highest BCUT2D eigenvalue weighted by Gasteiger charge is 1.98. The first-order valence-corrected chi connectivity index (χ1v) is 5.13. The van der Waals surface area contributed by atoms with Crippen molar-refractivity contribution in [2.45, 2.75) is 33.1 Å². The summed E-state index contributed by atoms with van der Waals surface area (Å²) < 4.78 is 4.80. The van der Waals surface area contributed by atoms with Crippen molar-refractivity contribution in [3.8, 4) is 0 Å². The standard InChI is InChI=1S/C12H20O2/c1-4-6-8-11(3)9-7-10-12(13)14-5-2/h4,7,9,11H,1,5-6,8,10H2,2-3H3/b9-7+/t11-/m1/s1. The second-order valence-electron chi connectivity index (χ2n) is 3.28. The maximum atomic E-state index is 10.9. The molecule has 0 aromatic carbocycles. The van der Waals surface area contributed by atoms with Crippen molar-refractivity contribution in [2.75, 3.05) is 6.61 Å². The van der Waals surface area contributed by atoms with E-state index in [1.807, 2.05) is 19.1 Å². The number of rotatable bonds is 7. The summed E-state index contributed by atoms with van der Waals surface area (Å²) in [6.07, 6.45) is 8.34. The summed E-state index contributed by atoms with van der Waals surface area (Å²) in [6, 6.07) is 0. The minimum absolute atomic E-state index is 0.153. The van der Waals surface area contributed by atoms with Gasteiger partial charge in [-0.2, -0.15) is 0 Å². The average Bonchev–Trinajstić information content (AvgIpc) is 2.15. The van der Waals surface area contributed by atoms with Gasteiger partial charge in [0.1, 0.15) is 0 Å². The monoisotopic (exact) mass is 196 g/mol. The predicted molar refractivity (Wildman–Crippen MR) is 59.0 cm³/mol. The molecule has 0 unspecified atom stereocenters. The molecule has 0 radical (unpaired) electrons. The van der Waals surface area contributed by atoms with Crippen molar-refractivity contribution in [3.63, 3.8) is 0 Å². The van der Waals surface area contributed by atoms with Gasteiger partial charge in [0.25, 0.3) is 0 Å². The van der Waals surface area contributed by atoms with Gasteiger partial charge in [-0.05, 0) is 25.7 Å². The van der Waals surface area contributed by atoms with Gasteiger partial charge < -0.3 is 4.74 Å². The molecule has 0 saturated heterocycles. The molecule has 0 aliphatic rings. The van der Waals surface area contributed by atoms with Crippen LogP contribution < -0.4 is 0 Å². The van der Waals surface area contributed by atoms with E-state index in [9.17, 15) is 4.79 Å². The fourth-order valence-electron chi connectivity index (χ4n) is 1.09. The second-order valence-corrected chi connectivity index (χ2v) is 3.28. The largest absolute Gasteiger partial charge is 0.466 e. The topological polar surface area (TPSA) is 26.3 Å². The number of allylic oxidation sites excluding steroid dienone is 2. The molecule has 0 fully saturated rings. The zero-order valence-corrected chi connectivity index (χ0v) is 9.16. The molecular formula is C12H20O2. The average molecular weight is 196 g/mol. The van der Waals surface area contributed by atoms with Crippen LogP contribution in [0, 0.1) is 5.92 Å². The zero-order chi connectivity index (χ0) is 10.8. The molecule has 80 valence electrons. The minimum Gasteiger partial charge on any atom is -0.466 e. The van der Waals surface area contributed by atoms with Gasteiger partial charge in [0.05, 0.1) is 13.0 Å². The van der Waals surface area contributed by atoms with Gasteiger partial charge in [0.2, 0.25) is 0 Å². The Labute approximate surface area is 86.6 Å². The molecule has 2 nitrogen and oxygen atoms in total. The van der Waals surface area contributed by atoms with E-state index in [1.165, 1.54) is 0 Å². The number of ether oxygens (including phenoxy) is 1. The van der Waals surface area contributed by atoms with Crippen molar-refractivity contribution in [1.29, 1.82) is 0 Å². The Morgan fingerprint density at radius 1 is 1.57 bits per heavy atom. The molecule has 0 heterocycles. The molecule has 0 aromatic heterocycles. The van der Waals surface area contributed by atoms with Gasteiger partial charge >= 0.3 is 5.97 Å². The Morgan fingerprint density at radius 2 is 2.29 bits per heavy atom. The smallest absolute Gasteiger partial charge is 0.309 e. The minimum atomic E-state index is -0.153. The third kappa shape index (κ3) is 7.59. The van der Waals surface area contributed by atoms with E-state index in [1.54, 1.807) is 0 Å². The number of carbonyl (C=O) groups is 1. The van der Waals surface area contributed by atoms with Gasteiger partial charge in [-0.1, -0.05) is 25.2 Å². The van der Waals surface area contributed by atoms with Crippen LogP contribution in [0.15, 0.2) is 24.8 Å². The summed E-state index contributed by atoms with van der Waals surface area (Å²) in [5, 5.41) is 0. The summed E-state index contributed by atoms with van der Waals surface area (Å²) in [7, 11) is 0. The van der Waals surface area contributed by atoms with E-state index < -0.39 is 0 Å². The van der Waals surface area contributed by atoms with E-state index >= 15 is 0 Å². The Balaban J connectivity index is 3.59. The van der Waals surface area contributed by atoms with Crippen LogP contribution in [0.5, 0.6) is 0 Å². The van der Waals surface area contributed by atoms with Gasteiger partial charge in [0, 0.05) is 0 Å². The number of esters is 1. The van der Waals surface area contributed by atoms with Crippen LogP contribution in [0.4, 0.5) is 0 Å². The van der Waals surface area contributed by atoms with E-state index in [0.29, 0.717) is 18.9 Å². The predicted octanol–water partition coefficient (Wildman–Crippen LogP) is 3.10. The first-order valence-electron chi connectivity index (χ1n) is 5.13. The Hall–Kier alpha value is -1.05. The fourth-order valence-corrected chi connectivity index (χ4v) is 1.09. The first-order chi connectivity index (χ1) is 6.70. The maximum Gasteiger partial charge on any atom is 0.309 e. The zero-order valence-electron chi connectivity index (χ0n) is 9.16. The molecule has 0 aliphatic carbocycles. The summed E-state index contributed by atoms with van der Waals surface area (Å²) in [5.41, 5.74) is 0. The van der Waals surface area contributed by atoms with Crippen molar-refractivity contribution in [1.82, 2.24) is 0 Å². The summed E-state index contributed by atoms with van der Waals surface area (Å²) in [4.78, 5) is 10.9. The molecule has 2 heteroatoms. The molecule has 0 spiro atoms. The molecule has 14 heavy (non-hydrogen) atoms. The Bertz CT molecular complexity index is 194. The van der Waals surface area contributed by atoms with Crippen LogP contribution in [0.3, 0.4) is 0 Å². The lowest BCUT2D eigenvalue weighted by Crippen LogP contribution is -2.01. The quantitative estimate of drug-likeness (QED) is 0.462. The molecule has 0 rings (SSSR count). The first kappa shape index (κ1) is 12.9. The van der Waals surface area contributed by atoms with Crippen molar-refractivity contribution in [2.24, 2.45) is 5.92 Å². The van der Waals surface area contributed by atoms with Crippen LogP contribution >= 0.6 is 0 Å². The summed E-state index contributed by atoms with van der Waals surface area (Å²) >= 11 is 0. The second kappa shape index (κ2) is 8.54. The molecule has 1 atom stereocenters. The van der Waals surface area contributed by atoms with E-state index in [0.717, 1.165) is 12.8 Å². The number of hydrogen-bond donors (Lipinski definition) is 0. The molecular weight excluding hydrogens is 176 g/mol. The highest BCUT2D eigenvalue weighted by Crippen LogP contribution is 2.07. The lowest BCUT2D eigenvalue weighted by atomic mass is 10.1. The van der Waals surface area contributed by atoms with Crippen LogP contribution in [0.1, 0.15) is 33.1 Å². The van der Waals surface area contributed by atoms with Crippen molar-refractivity contribution in [3.05, 3.63) is 24.8 Å². The lowest BCUT2D eigenvalue weighted by molar-refractivity contribution is -0.142. The van der Waals surface area contributed by atoms with E-state index in [-0.39, 0.29) is 5.97 Å². The summed E-state index contributed by atoms with van der Waals surface area (Å²) in [6.45, 7) is 8.07. The van der Waals surface area contributed by atoms with Crippen LogP contribution in [-0.2, 0) is 9.53 Å². The Morgan fingerprint density at radius 3 is 2.86 bits per heavy atom. The van der Waals surface area contributed by atoms with Crippen LogP contribution in [0.2, 0.25) is 0 Å². The van der Waals surface area contributed by atoms with E-state index in [2.05, 4.69) is 19.6 Å². The molecule has 0 amide bonds. The SMILES string of the molecule is C=CCC[C@@H](C)/C=C/CC(=O)OCC. The molecule has 0 aliphatic heterocycles. The van der Waals surface area contributed by atoms with Crippen molar-refractivity contribution >= 4 is 5.97 Å². The Kier molecular flexibility index (Phi) is 7.90. The molecule has 0 bridgehead atoms. The highest BCUT2D eigenvalue weighted by molar-refractivity contribution is 5.71. The molecule has 0 saturated carbocycles. The third-order valence-electron chi connectivity index (χ3n) is 1.88. The maximum absolute atomic E-state index is 10.9. The molecule has 0 N–H and O–H groups in total. The van der Waals surface area contributed by atoms with Crippen LogP contribution in [0.25, 0.3) is 0 Å². The normalized spacial score (nSPS) is 12.7. The number of carbonyl (C=O) groups excluding carboxylic acids is 1. The van der Waals surface area contributed by atoms with Crippen LogP contribution in [-0.4, -0.2) is 12.6 Å². The highest BCUT2D eigenvalue weighted by atomic mass is 16.5. The number of hydrogen-bond acceptors (Lipinski definition) is 2.